The fraction of sp³-hybridized carbons (Fsp3) is 0.227. The van der Waals surface area contributed by atoms with Crippen molar-refractivity contribution in [1.82, 2.24) is 4.90 Å². The Morgan fingerprint density at radius 2 is 1.83 bits per heavy atom. The van der Waals surface area contributed by atoms with E-state index in [0.29, 0.717) is 5.76 Å². The standard InChI is InChI=1S/C22H24N2O5S/c1-16-7-4-11-21(17(16)2)23-22(25)24(15-20-10-6-12-28-20)14-18-8-5-9-19(13-18)29-30(3,26)27/h4-13H,14-15H2,1-3H3,(H,23,25). The smallest absolute Gasteiger partial charge is 0.322 e. The molecule has 0 saturated heterocycles. The molecule has 2 amide bonds. The number of hydrogen-bond acceptors (Lipinski definition) is 5. The van der Waals surface area contributed by atoms with Gasteiger partial charge < -0.3 is 18.8 Å². The Labute approximate surface area is 176 Å². The number of benzene rings is 2. The van der Waals surface area contributed by atoms with Gasteiger partial charge in [0.25, 0.3) is 0 Å². The Morgan fingerprint density at radius 3 is 2.53 bits per heavy atom. The number of carbonyl (C=O) groups is 1. The summed E-state index contributed by atoms with van der Waals surface area (Å²) in [7, 11) is -3.64. The molecule has 0 aliphatic heterocycles. The van der Waals surface area contributed by atoms with E-state index in [1.165, 1.54) is 0 Å². The molecule has 0 unspecified atom stereocenters. The molecule has 8 heteroatoms. The normalized spacial score (nSPS) is 11.2. The SMILES string of the molecule is Cc1cccc(NC(=O)N(Cc2cccc(OS(C)(=O)=O)c2)Cc2ccco2)c1C. The Morgan fingerprint density at radius 1 is 1.07 bits per heavy atom. The van der Waals surface area contributed by atoms with Crippen LogP contribution in [0.2, 0.25) is 0 Å². The van der Waals surface area contributed by atoms with E-state index >= 15 is 0 Å². The van der Waals surface area contributed by atoms with E-state index in [4.69, 9.17) is 8.60 Å². The minimum Gasteiger partial charge on any atom is -0.467 e. The van der Waals surface area contributed by atoms with Gasteiger partial charge in [-0.05, 0) is 60.9 Å². The summed E-state index contributed by atoms with van der Waals surface area (Å²) in [6.45, 7) is 4.42. The maximum atomic E-state index is 13.1. The zero-order chi connectivity index (χ0) is 21.7. The fourth-order valence-electron chi connectivity index (χ4n) is 2.96. The van der Waals surface area contributed by atoms with Crippen molar-refractivity contribution in [3.05, 3.63) is 83.3 Å². The van der Waals surface area contributed by atoms with Gasteiger partial charge >= 0.3 is 16.1 Å². The quantitative estimate of drug-likeness (QED) is 0.561. The third-order valence-electron chi connectivity index (χ3n) is 4.58. The number of hydrogen-bond donors (Lipinski definition) is 1. The van der Waals surface area contributed by atoms with Crippen LogP contribution >= 0.6 is 0 Å². The summed E-state index contributed by atoms with van der Waals surface area (Å²) in [6, 6.07) is 15.6. The minimum absolute atomic E-state index is 0.197. The molecule has 1 aromatic heterocycles. The molecule has 0 bridgehead atoms. The molecule has 0 fully saturated rings. The summed E-state index contributed by atoms with van der Waals surface area (Å²) < 4.78 is 33.2. The number of aryl methyl sites for hydroxylation is 1. The van der Waals surface area contributed by atoms with Gasteiger partial charge in [-0.1, -0.05) is 24.3 Å². The number of amides is 2. The van der Waals surface area contributed by atoms with Gasteiger partial charge in [0.15, 0.2) is 0 Å². The molecular formula is C22H24N2O5S. The van der Waals surface area contributed by atoms with Crippen LogP contribution < -0.4 is 9.50 Å². The molecule has 1 N–H and O–H groups in total. The molecule has 0 spiro atoms. The average Bonchev–Trinajstić information content (AvgIpc) is 3.17. The van der Waals surface area contributed by atoms with Crippen LogP contribution in [0.5, 0.6) is 5.75 Å². The first-order valence-corrected chi connectivity index (χ1v) is 11.2. The second-order valence-corrected chi connectivity index (χ2v) is 8.62. The average molecular weight is 429 g/mol. The monoisotopic (exact) mass is 428 g/mol. The zero-order valence-corrected chi connectivity index (χ0v) is 17.9. The van der Waals surface area contributed by atoms with Crippen LogP contribution in [0.15, 0.2) is 65.3 Å². The lowest BCUT2D eigenvalue weighted by atomic mass is 10.1. The van der Waals surface area contributed by atoms with Crippen molar-refractivity contribution < 1.29 is 21.8 Å². The molecule has 30 heavy (non-hydrogen) atoms. The van der Waals surface area contributed by atoms with E-state index in [1.807, 2.05) is 32.0 Å². The van der Waals surface area contributed by atoms with Crippen LogP contribution in [-0.4, -0.2) is 25.6 Å². The maximum Gasteiger partial charge on any atom is 0.322 e. The van der Waals surface area contributed by atoms with Crippen LogP contribution in [0.1, 0.15) is 22.5 Å². The van der Waals surface area contributed by atoms with Crippen molar-refractivity contribution in [2.24, 2.45) is 0 Å². The first-order valence-electron chi connectivity index (χ1n) is 9.34. The highest BCUT2D eigenvalue weighted by atomic mass is 32.2. The molecule has 0 atom stereocenters. The lowest BCUT2D eigenvalue weighted by Crippen LogP contribution is -2.34. The molecule has 3 rings (SSSR count). The van der Waals surface area contributed by atoms with E-state index in [9.17, 15) is 13.2 Å². The summed E-state index contributed by atoms with van der Waals surface area (Å²) in [6.07, 6.45) is 2.54. The maximum absolute atomic E-state index is 13.1. The van der Waals surface area contributed by atoms with Crippen LogP contribution in [0.3, 0.4) is 0 Å². The largest absolute Gasteiger partial charge is 0.467 e. The minimum atomic E-state index is -3.64. The highest BCUT2D eigenvalue weighted by molar-refractivity contribution is 7.86. The van der Waals surface area contributed by atoms with Crippen LogP contribution in [0.25, 0.3) is 0 Å². The predicted octanol–water partition coefficient (Wildman–Crippen LogP) is 4.47. The highest BCUT2D eigenvalue weighted by Crippen LogP contribution is 2.21. The van der Waals surface area contributed by atoms with Crippen molar-refractivity contribution >= 4 is 21.8 Å². The Kier molecular flexibility index (Phi) is 6.47. The number of nitrogens with one attached hydrogen (secondary N) is 1. The molecule has 0 saturated carbocycles. The number of carbonyl (C=O) groups excluding carboxylic acids is 1. The number of anilines is 1. The van der Waals surface area contributed by atoms with Gasteiger partial charge in [-0.25, -0.2) is 4.79 Å². The zero-order valence-electron chi connectivity index (χ0n) is 17.1. The Hall–Kier alpha value is -3.26. The van der Waals surface area contributed by atoms with Crippen LogP contribution in [0, 0.1) is 13.8 Å². The summed E-state index contributed by atoms with van der Waals surface area (Å²) >= 11 is 0. The topological polar surface area (TPSA) is 88.9 Å². The number of furan rings is 1. The fourth-order valence-corrected chi connectivity index (χ4v) is 3.42. The third kappa shape index (κ3) is 5.87. The van der Waals surface area contributed by atoms with Gasteiger partial charge in [0.05, 0.1) is 19.1 Å². The van der Waals surface area contributed by atoms with Gasteiger partial charge in [0.1, 0.15) is 11.5 Å². The predicted molar refractivity (Wildman–Crippen MR) is 115 cm³/mol. The molecule has 158 valence electrons. The van der Waals surface area contributed by atoms with Crippen molar-refractivity contribution in [2.75, 3.05) is 11.6 Å². The van der Waals surface area contributed by atoms with E-state index in [2.05, 4.69) is 5.32 Å². The molecule has 3 aromatic rings. The lowest BCUT2D eigenvalue weighted by molar-refractivity contribution is 0.201. The second-order valence-electron chi connectivity index (χ2n) is 7.05. The molecule has 0 radical (unpaired) electrons. The van der Waals surface area contributed by atoms with Crippen LogP contribution in [0.4, 0.5) is 10.5 Å². The second kappa shape index (κ2) is 9.04. The molecule has 7 nitrogen and oxygen atoms in total. The summed E-state index contributed by atoms with van der Waals surface area (Å²) in [5.74, 6) is 0.831. The summed E-state index contributed by atoms with van der Waals surface area (Å²) in [4.78, 5) is 14.6. The molecule has 0 aliphatic rings. The summed E-state index contributed by atoms with van der Waals surface area (Å²) in [5.41, 5.74) is 3.53. The number of rotatable bonds is 7. The Bertz CT molecular complexity index is 1120. The molecule has 0 aliphatic carbocycles. The van der Waals surface area contributed by atoms with Crippen molar-refractivity contribution in [1.29, 1.82) is 0 Å². The van der Waals surface area contributed by atoms with Gasteiger partial charge in [-0.15, -0.1) is 0 Å². The van der Waals surface area contributed by atoms with Gasteiger partial charge in [-0.2, -0.15) is 8.42 Å². The van der Waals surface area contributed by atoms with Crippen molar-refractivity contribution in [2.45, 2.75) is 26.9 Å². The van der Waals surface area contributed by atoms with Crippen molar-refractivity contribution in [3.8, 4) is 5.75 Å². The first kappa shape index (κ1) is 21.4. The Balaban J connectivity index is 1.83. The number of nitrogens with zero attached hydrogens (tertiary/aromatic N) is 1. The van der Waals surface area contributed by atoms with Crippen molar-refractivity contribution in [3.63, 3.8) is 0 Å². The lowest BCUT2D eigenvalue weighted by Gasteiger charge is -2.23. The van der Waals surface area contributed by atoms with Gasteiger partial charge in [-0.3, -0.25) is 0 Å². The third-order valence-corrected chi connectivity index (χ3v) is 5.07. The van der Waals surface area contributed by atoms with Crippen LogP contribution in [-0.2, 0) is 23.2 Å². The summed E-state index contributed by atoms with van der Waals surface area (Å²) in [5, 5.41) is 2.95. The molecule has 1 heterocycles. The molecule has 2 aromatic carbocycles. The van der Waals surface area contributed by atoms with E-state index in [-0.39, 0.29) is 24.9 Å². The highest BCUT2D eigenvalue weighted by Gasteiger charge is 2.18. The number of urea groups is 1. The van der Waals surface area contributed by atoms with E-state index in [1.54, 1.807) is 47.6 Å². The van der Waals surface area contributed by atoms with Gasteiger partial charge in [0.2, 0.25) is 0 Å². The van der Waals surface area contributed by atoms with Gasteiger partial charge in [0, 0.05) is 12.2 Å². The first-order chi connectivity index (χ1) is 14.2. The van der Waals surface area contributed by atoms with E-state index in [0.717, 1.165) is 28.6 Å². The molecular weight excluding hydrogens is 404 g/mol. The van der Waals surface area contributed by atoms with E-state index < -0.39 is 10.1 Å².